The second-order valence-corrected chi connectivity index (χ2v) is 5.67. The van der Waals surface area contributed by atoms with Gasteiger partial charge in [0.2, 0.25) is 0 Å². The third kappa shape index (κ3) is 5.66. The molecule has 4 nitrogen and oxygen atoms in total. The molecule has 124 valence electrons. The molecule has 2 N–H and O–H groups in total. The molecule has 0 aromatic heterocycles. The first-order chi connectivity index (χ1) is 10.2. The van der Waals surface area contributed by atoms with Gasteiger partial charge in [-0.2, -0.15) is 0 Å². The van der Waals surface area contributed by atoms with Gasteiger partial charge in [-0.15, -0.1) is 24.0 Å². The van der Waals surface area contributed by atoms with Crippen molar-refractivity contribution in [3.05, 3.63) is 29.8 Å². The predicted octanol–water partition coefficient (Wildman–Crippen LogP) is 3.16. The summed E-state index contributed by atoms with van der Waals surface area (Å²) in [5.41, 5.74) is 2.63. The number of halogens is 1. The lowest BCUT2D eigenvalue weighted by atomic mass is 10.2. The molecule has 2 rings (SSSR count). The summed E-state index contributed by atoms with van der Waals surface area (Å²) in [7, 11) is 0. The molecule has 0 aliphatic carbocycles. The number of hydrogen-bond acceptors (Lipinski definition) is 2. The molecule has 1 atom stereocenters. The molecule has 1 fully saturated rings. The highest BCUT2D eigenvalue weighted by molar-refractivity contribution is 14.0. The number of benzene rings is 1. The molecule has 1 aromatic rings. The molecule has 1 heterocycles. The van der Waals surface area contributed by atoms with Crippen LogP contribution in [0.4, 0.5) is 5.69 Å². The molecule has 1 aliphatic rings. The Hall–Kier alpha value is -0.980. The van der Waals surface area contributed by atoms with Crippen LogP contribution in [0.15, 0.2) is 29.3 Å². The quantitative estimate of drug-likeness (QED) is 0.440. The van der Waals surface area contributed by atoms with Gasteiger partial charge in [0.15, 0.2) is 5.96 Å². The van der Waals surface area contributed by atoms with Crippen molar-refractivity contribution in [1.82, 2.24) is 10.6 Å². The average molecular weight is 416 g/mol. The Labute approximate surface area is 151 Å². The van der Waals surface area contributed by atoms with Crippen LogP contribution in [0, 0.1) is 6.92 Å². The van der Waals surface area contributed by atoms with Crippen LogP contribution < -0.4 is 15.5 Å². The Balaban J connectivity index is 0.00000242. The summed E-state index contributed by atoms with van der Waals surface area (Å²) in [4.78, 5) is 7.03. The number of hydrogen-bond donors (Lipinski definition) is 2. The third-order valence-electron chi connectivity index (χ3n) is 3.77. The van der Waals surface area contributed by atoms with Gasteiger partial charge >= 0.3 is 0 Å². The number of anilines is 1. The number of aryl methyl sites for hydroxylation is 1. The summed E-state index contributed by atoms with van der Waals surface area (Å²) >= 11 is 0. The lowest BCUT2D eigenvalue weighted by Crippen LogP contribution is -2.44. The first-order valence-electron chi connectivity index (χ1n) is 8.09. The predicted molar refractivity (Wildman–Crippen MR) is 107 cm³/mol. The van der Waals surface area contributed by atoms with Gasteiger partial charge in [0.25, 0.3) is 0 Å². The zero-order chi connectivity index (χ0) is 15.1. The van der Waals surface area contributed by atoms with Crippen LogP contribution in [0.3, 0.4) is 0 Å². The van der Waals surface area contributed by atoms with Gasteiger partial charge in [0, 0.05) is 37.9 Å². The second-order valence-electron chi connectivity index (χ2n) is 5.67. The molecule has 0 bridgehead atoms. The van der Waals surface area contributed by atoms with E-state index in [2.05, 4.69) is 65.6 Å². The van der Waals surface area contributed by atoms with E-state index in [1.807, 2.05) is 0 Å². The fraction of sp³-hybridized carbons (Fsp3) is 0.588. The van der Waals surface area contributed by atoms with E-state index in [0.29, 0.717) is 6.04 Å². The van der Waals surface area contributed by atoms with Crippen molar-refractivity contribution >= 4 is 35.6 Å². The van der Waals surface area contributed by atoms with Gasteiger partial charge in [-0.05, 0) is 38.8 Å². The Bertz CT molecular complexity index is 458. The summed E-state index contributed by atoms with van der Waals surface area (Å²) < 4.78 is 0. The summed E-state index contributed by atoms with van der Waals surface area (Å²) in [6, 6.07) is 9.27. The van der Waals surface area contributed by atoms with E-state index in [1.165, 1.54) is 11.3 Å². The van der Waals surface area contributed by atoms with E-state index < -0.39 is 0 Å². The van der Waals surface area contributed by atoms with Crippen molar-refractivity contribution in [1.29, 1.82) is 0 Å². The Kier molecular flexibility index (Phi) is 8.60. The number of rotatable bonds is 5. The zero-order valence-electron chi connectivity index (χ0n) is 13.9. The lowest BCUT2D eigenvalue weighted by Gasteiger charge is -2.20. The normalized spacial score (nSPS) is 18.0. The zero-order valence-corrected chi connectivity index (χ0v) is 16.3. The van der Waals surface area contributed by atoms with Crippen molar-refractivity contribution in [3.63, 3.8) is 0 Å². The fourth-order valence-electron chi connectivity index (χ4n) is 2.61. The molecule has 1 unspecified atom stereocenters. The van der Waals surface area contributed by atoms with E-state index in [1.54, 1.807) is 0 Å². The first-order valence-corrected chi connectivity index (χ1v) is 8.09. The lowest BCUT2D eigenvalue weighted by molar-refractivity contribution is 0.648. The number of nitrogens with one attached hydrogen (secondary N) is 2. The minimum absolute atomic E-state index is 0. The maximum absolute atomic E-state index is 4.58. The SMILES string of the molecule is CCCN=C(NCC)NC1CCN(c2ccc(C)cc2)C1.I. The van der Waals surface area contributed by atoms with Crippen LogP contribution in [0.25, 0.3) is 0 Å². The molecule has 5 heteroatoms. The molecule has 0 spiro atoms. The van der Waals surface area contributed by atoms with Gasteiger partial charge in [-0.3, -0.25) is 4.99 Å². The fourth-order valence-corrected chi connectivity index (χ4v) is 2.61. The monoisotopic (exact) mass is 416 g/mol. The highest BCUT2D eigenvalue weighted by Crippen LogP contribution is 2.20. The third-order valence-corrected chi connectivity index (χ3v) is 3.77. The van der Waals surface area contributed by atoms with E-state index in [9.17, 15) is 0 Å². The molecule has 22 heavy (non-hydrogen) atoms. The van der Waals surface area contributed by atoms with Crippen molar-refractivity contribution in [2.45, 2.75) is 39.7 Å². The van der Waals surface area contributed by atoms with Crippen molar-refractivity contribution in [2.24, 2.45) is 4.99 Å². The molecule has 1 aromatic carbocycles. The van der Waals surface area contributed by atoms with Crippen molar-refractivity contribution < 1.29 is 0 Å². The van der Waals surface area contributed by atoms with Gasteiger partial charge in [-0.1, -0.05) is 24.6 Å². The Morgan fingerprint density at radius 1 is 1.27 bits per heavy atom. The van der Waals surface area contributed by atoms with Crippen LogP contribution in [-0.2, 0) is 0 Å². The highest BCUT2D eigenvalue weighted by atomic mass is 127. The number of nitrogens with zero attached hydrogens (tertiary/aromatic N) is 2. The molecule has 0 radical (unpaired) electrons. The topological polar surface area (TPSA) is 39.7 Å². The van der Waals surface area contributed by atoms with Gasteiger partial charge in [0.1, 0.15) is 0 Å². The molecular formula is C17H29IN4. The van der Waals surface area contributed by atoms with Gasteiger partial charge in [-0.25, -0.2) is 0 Å². The molecule has 1 aliphatic heterocycles. The minimum Gasteiger partial charge on any atom is -0.369 e. The number of aliphatic imine (C=N–C) groups is 1. The van der Waals surface area contributed by atoms with Crippen LogP contribution in [-0.4, -0.2) is 38.2 Å². The van der Waals surface area contributed by atoms with Crippen LogP contribution >= 0.6 is 24.0 Å². The first kappa shape index (κ1) is 19.1. The summed E-state index contributed by atoms with van der Waals surface area (Å²) in [6.07, 6.45) is 2.24. The Morgan fingerprint density at radius 2 is 2.00 bits per heavy atom. The van der Waals surface area contributed by atoms with Gasteiger partial charge in [0.05, 0.1) is 0 Å². The second kappa shape index (κ2) is 9.92. The van der Waals surface area contributed by atoms with Crippen LogP contribution in [0.5, 0.6) is 0 Å². The smallest absolute Gasteiger partial charge is 0.191 e. The maximum atomic E-state index is 4.58. The van der Waals surface area contributed by atoms with E-state index in [0.717, 1.165) is 45.0 Å². The maximum Gasteiger partial charge on any atom is 0.191 e. The van der Waals surface area contributed by atoms with Crippen molar-refractivity contribution in [2.75, 3.05) is 31.1 Å². The average Bonchev–Trinajstić information content (AvgIpc) is 2.94. The summed E-state index contributed by atoms with van der Waals surface area (Å²) in [5, 5.41) is 6.89. The van der Waals surface area contributed by atoms with E-state index >= 15 is 0 Å². The standard InChI is InChI=1S/C17H28N4.HI/c1-4-11-19-17(18-5-2)20-15-10-12-21(13-15)16-8-6-14(3)7-9-16;/h6-9,15H,4-5,10-13H2,1-3H3,(H2,18,19,20);1H. The summed E-state index contributed by atoms with van der Waals surface area (Å²) in [6.45, 7) is 10.3. The molecular weight excluding hydrogens is 387 g/mol. The molecule has 0 saturated carbocycles. The highest BCUT2D eigenvalue weighted by Gasteiger charge is 2.23. The molecule has 1 saturated heterocycles. The van der Waals surface area contributed by atoms with Crippen LogP contribution in [0.1, 0.15) is 32.3 Å². The van der Waals surface area contributed by atoms with E-state index in [-0.39, 0.29) is 24.0 Å². The largest absolute Gasteiger partial charge is 0.369 e. The van der Waals surface area contributed by atoms with E-state index in [4.69, 9.17) is 0 Å². The number of guanidine groups is 1. The molecule has 0 amide bonds. The van der Waals surface area contributed by atoms with Crippen LogP contribution in [0.2, 0.25) is 0 Å². The van der Waals surface area contributed by atoms with Gasteiger partial charge < -0.3 is 15.5 Å². The minimum atomic E-state index is 0. The Morgan fingerprint density at radius 3 is 2.64 bits per heavy atom. The van der Waals surface area contributed by atoms with Crippen molar-refractivity contribution in [3.8, 4) is 0 Å². The summed E-state index contributed by atoms with van der Waals surface area (Å²) in [5.74, 6) is 0.954.